The molecule has 0 saturated carbocycles. The molecule has 112 valence electrons. The number of unbranched alkanes of at least 4 members (excludes halogenated alkanes) is 2. The molecule has 21 heavy (non-hydrogen) atoms. The van der Waals surface area contributed by atoms with Gasteiger partial charge in [0.15, 0.2) is 5.69 Å². The Kier molecular flexibility index (Phi) is 4.73. The average Bonchev–Trinajstić information content (AvgIpc) is 2.86. The van der Waals surface area contributed by atoms with Crippen LogP contribution >= 0.6 is 0 Å². The van der Waals surface area contributed by atoms with E-state index in [2.05, 4.69) is 17.2 Å². The summed E-state index contributed by atoms with van der Waals surface area (Å²) in [4.78, 5) is 11.4. The number of aromatic nitrogens is 3. The summed E-state index contributed by atoms with van der Waals surface area (Å²) < 4.78 is 1.71. The predicted octanol–water partition coefficient (Wildman–Crippen LogP) is 3.45. The van der Waals surface area contributed by atoms with Crippen molar-refractivity contribution in [1.82, 2.24) is 15.0 Å². The Labute approximate surface area is 124 Å². The lowest BCUT2D eigenvalue weighted by Gasteiger charge is -2.09. The van der Waals surface area contributed by atoms with E-state index in [1.54, 1.807) is 4.68 Å². The van der Waals surface area contributed by atoms with Crippen molar-refractivity contribution in [3.8, 4) is 11.3 Å². The SMILES string of the molecule is CCCCCn1nnc(C(=O)O)c1-c1ccc(C)c(C)c1. The van der Waals surface area contributed by atoms with Gasteiger partial charge in [0.2, 0.25) is 0 Å². The summed E-state index contributed by atoms with van der Waals surface area (Å²) in [6.07, 6.45) is 3.17. The van der Waals surface area contributed by atoms with E-state index in [4.69, 9.17) is 0 Å². The predicted molar refractivity (Wildman–Crippen MR) is 81.4 cm³/mol. The quantitative estimate of drug-likeness (QED) is 0.826. The summed E-state index contributed by atoms with van der Waals surface area (Å²) in [7, 11) is 0. The number of hydrogen-bond donors (Lipinski definition) is 1. The third-order valence-corrected chi connectivity index (χ3v) is 3.69. The van der Waals surface area contributed by atoms with Crippen molar-refractivity contribution in [2.75, 3.05) is 0 Å². The molecule has 1 N–H and O–H groups in total. The first-order valence-corrected chi connectivity index (χ1v) is 7.29. The number of aryl methyl sites for hydroxylation is 3. The van der Waals surface area contributed by atoms with Crippen LogP contribution in [-0.2, 0) is 6.54 Å². The molecule has 0 atom stereocenters. The molecule has 1 heterocycles. The molecule has 0 unspecified atom stereocenters. The fourth-order valence-electron chi connectivity index (χ4n) is 2.30. The molecule has 2 rings (SSSR count). The number of carboxylic acid groups (broad SMARTS) is 1. The molecular weight excluding hydrogens is 266 g/mol. The number of benzene rings is 1. The van der Waals surface area contributed by atoms with Crippen LogP contribution in [0, 0.1) is 13.8 Å². The van der Waals surface area contributed by atoms with E-state index in [-0.39, 0.29) is 5.69 Å². The molecule has 0 bridgehead atoms. The van der Waals surface area contributed by atoms with Gasteiger partial charge in [-0.2, -0.15) is 0 Å². The standard InChI is InChI=1S/C16H21N3O2/c1-4-5-6-9-19-15(14(16(20)21)17-18-19)13-8-7-11(2)12(3)10-13/h7-8,10H,4-6,9H2,1-3H3,(H,20,21). The van der Waals surface area contributed by atoms with Crippen LogP contribution in [0.5, 0.6) is 0 Å². The van der Waals surface area contributed by atoms with E-state index >= 15 is 0 Å². The zero-order valence-corrected chi connectivity index (χ0v) is 12.8. The molecule has 5 nitrogen and oxygen atoms in total. The van der Waals surface area contributed by atoms with Crippen molar-refractivity contribution in [2.24, 2.45) is 0 Å². The molecule has 0 radical (unpaired) electrons. The van der Waals surface area contributed by atoms with Crippen molar-refractivity contribution in [2.45, 2.75) is 46.6 Å². The van der Waals surface area contributed by atoms with Gasteiger partial charge in [0.1, 0.15) is 5.69 Å². The molecule has 1 aromatic heterocycles. The van der Waals surface area contributed by atoms with Crippen LogP contribution in [-0.4, -0.2) is 26.1 Å². The lowest BCUT2D eigenvalue weighted by atomic mass is 10.0. The largest absolute Gasteiger partial charge is 0.476 e. The molecular formula is C16H21N3O2. The van der Waals surface area contributed by atoms with Gasteiger partial charge < -0.3 is 5.11 Å². The van der Waals surface area contributed by atoms with Gasteiger partial charge in [0.25, 0.3) is 0 Å². The Bertz CT molecular complexity index is 647. The number of nitrogens with zero attached hydrogens (tertiary/aromatic N) is 3. The fourth-order valence-corrected chi connectivity index (χ4v) is 2.30. The molecule has 0 fully saturated rings. The number of hydrogen-bond acceptors (Lipinski definition) is 3. The van der Waals surface area contributed by atoms with Gasteiger partial charge in [-0.15, -0.1) is 5.10 Å². The van der Waals surface area contributed by atoms with Crippen LogP contribution in [0.4, 0.5) is 0 Å². The Morgan fingerprint density at radius 1 is 1.24 bits per heavy atom. The first kappa shape index (κ1) is 15.2. The zero-order chi connectivity index (χ0) is 15.4. The van der Waals surface area contributed by atoms with Gasteiger partial charge in [-0.3, -0.25) is 0 Å². The summed E-state index contributed by atoms with van der Waals surface area (Å²) in [5, 5.41) is 17.2. The zero-order valence-electron chi connectivity index (χ0n) is 12.8. The minimum absolute atomic E-state index is 0.0229. The van der Waals surface area contributed by atoms with Gasteiger partial charge >= 0.3 is 5.97 Å². The molecule has 0 saturated heterocycles. The molecule has 0 aliphatic carbocycles. The summed E-state index contributed by atoms with van der Waals surface area (Å²) in [5.74, 6) is -1.04. The first-order valence-electron chi connectivity index (χ1n) is 7.29. The normalized spacial score (nSPS) is 10.8. The van der Waals surface area contributed by atoms with Crippen LogP contribution < -0.4 is 0 Å². The third kappa shape index (κ3) is 3.29. The second-order valence-electron chi connectivity index (χ2n) is 5.32. The minimum atomic E-state index is -1.04. The summed E-state index contributed by atoms with van der Waals surface area (Å²) in [6.45, 7) is 6.88. The van der Waals surface area contributed by atoms with E-state index in [0.717, 1.165) is 30.4 Å². The first-order chi connectivity index (χ1) is 10.0. The van der Waals surface area contributed by atoms with Crippen molar-refractivity contribution < 1.29 is 9.90 Å². The van der Waals surface area contributed by atoms with Gasteiger partial charge in [0.05, 0.1) is 0 Å². The third-order valence-electron chi connectivity index (χ3n) is 3.69. The van der Waals surface area contributed by atoms with Gasteiger partial charge in [-0.05, 0) is 37.5 Å². The highest BCUT2D eigenvalue weighted by atomic mass is 16.4. The highest BCUT2D eigenvalue weighted by Gasteiger charge is 2.20. The summed E-state index contributed by atoms with van der Waals surface area (Å²) in [6, 6.07) is 5.93. The Morgan fingerprint density at radius 3 is 2.62 bits per heavy atom. The molecule has 1 aromatic carbocycles. The second kappa shape index (κ2) is 6.52. The van der Waals surface area contributed by atoms with E-state index in [9.17, 15) is 9.90 Å². The van der Waals surface area contributed by atoms with E-state index in [1.165, 1.54) is 5.56 Å². The van der Waals surface area contributed by atoms with Crippen LogP contribution in [0.1, 0.15) is 47.8 Å². The lowest BCUT2D eigenvalue weighted by Crippen LogP contribution is -2.05. The Balaban J connectivity index is 2.44. The lowest BCUT2D eigenvalue weighted by molar-refractivity contribution is 0.0691. The monoisotopic (exact) mass is 287 g/mol. The van der Waals surface area contributed by atoms with Gasteiger partial charge in [-0.1, -0.05) is 37.1 Å². The highest BCUT2D eigenvalue weighted by Crippen LogP contribution is 2.25. The van der Waals surface area contributed by atoms with Crippen molar-refractivity contribution in [3.05, 3.63) is 35.0 Å². The van der Waals surface area contributed by atoms with E-state index < -0.39 is 5.97 Å². The molecule has 0 aliphatic heterocycles. The highest BCUT2D eigenvalue weighted by molar-refractivity contribution is 5.92. The van der Waals surface area contributed by atoms with E-state index in [0.29, 0.717) is 12.2 Å². The van der Waals surface area contributed by atoms with Crippen molar-refractivity contribution >= 4 is 5.97 Å². The van der Waals surface area contributed by atoms with Crippen LogP contribution in [0.15, 0.2) is 18.2 Å². The van der Waals surface area contributed by atoms with Crippen LogP contribution in [0.2, 0.25) is 0 Å². The average molecular weight is 287 g/mol. The molecule has 5 heteroatoms. The van der Waals surface area contributed by atoms with Crippen LogP contribution in [0.25, 0.3) is 11.3 Å². The minimum Gasteiger partial charge on any atom is -0.476 e. The fraction of sp³-hybridized carbons (Fsp3) is 0.438. The molecule has 0 amide bonds. The topological polar surface area (TPSA) is 68.0 Å². The van der Waals surface area contributed by atoms with Crippen molar-refractivity contribution in [3.63, 3.8) is 0 Å². The van der Waals surface area contributed by atoms with Gasteiger partial charge in [-0.25, -0.2) is 9.48 Å². The number of carbonyl (C=O) groups is 1. The maximum Gasteiger partial charge on any atom is 0.358 e. The van der Waals surface area contributed by atoms with Gasteiger partial charge in [0, 0.05) is 12.1 Å². The van der Waals surface area contributed by atoms with Crippen molar-refractivity contribution in [1.29, 1.82) is 0 Å². The Morgan fingerprint density at radius 2 is 2.00 bits per heavy atom. The summed E-state index contributed by atoms with van der Waals surface area (Å²) >= 11 is 0. The van der Waals surface area contributed by atoms with Crippen LogP contribution in [0.3, 0.4) is 0 Å². The molecule has 0 aliphatic rings. The molecule has 0 spiro atoms. The maximum atomic E-state index is 11.4. The Hall–Kier alpha value is -2.17. The van der Waals surface area contributed by atoms with E-state index in [1.807, 2.05) is 32.0 Å². The number of aromatic carboxylic acids is 1. The molecule has 2 aromatic rings. The smallest absolute Gasteiger partial charge is 0.358 e. The number of rotatable bonds is 6. The maximum absolute atomic E-state index is 11.4. The second-order valence-corrected chi connectivity index (χ2v) is 5.32. The number of carboxylic acids is 1. The summed E-state index contributed by atoms with van der Waals surface area (Å²) in [5.41, 5.74) is 3.79.